The van der Waals surface area contributed by atoms with Gasteiger partial charge in [0.05, 0.1) is 16.2 Å². The van der Waals surface area contributed by atoms with Crippen molar-refractivity contribution in [1.82, 2.24) is 10.2 Å². The van der Waals surface area contributed by atoms with E-state index in [-0.39, 0.29) is 16.6 Å². The number of nitro benzene ring substituents is 1. The topological polar surface area (TPSA) is 101 Å². The van der Waals surface area contributed by atoms with Gasteiger partial charge in [0.15, 0.2) is 0 Å². The number of anilines is 1. The van der Waals surface area contributed by atoms with Crippen LogP contribution in [0.3, 0.4) is 0 Å². The van der Waals surface area contributed by atoms with Crippen LogP contribution in [0.15, 0.2) is 18.2 Å². The molecule has 1 heterocycles. The van der Waals surface area contributed by atoms with Crippen molar-refractivity contribution in [2.75, 3.05) is 5.32 Å². The van der Waals surface area contributed by atoms with Crippen molar-refractivity contribution in [3.63, 3.8) is 0 Å². The molecule has 0 fully saturated rings. The summed E-state index contributed by atoms with van der Waals surface area (Å²) in [5.74, 6) is -0.348. The second-order valence-corrected chi connectivity index (χ2v) is 4.59. The number of nitro groups is 1. The highest BCUT2D eigenvalue weighted by Crippen LogP contribution is 2.27. The van der Waals surface area contributed by atoms with Gasteiger partial charge in [-0.3, -0.25) is 20.0 Å². The Kier molecular flexibility index (Phi) is 3.71. The van der Waals surface area contributed by atoms with E-state index in [4.69, 9.17) is 11.6 Å². The number of H-pyrrole nitrogens is 1. The van der Waals surface area contributed by atoms with E-state index < -0.39 is 4.92 Å². The van der Waals surface area contributed by atoms with Gasteiger partial charge in [0.25, 0.3) is 11.6 Å². The van der Waals surface area contributed by atoms with Crippen molar-refractivity contribution < 1.29 is 9.72 Å². The van der Waals surface area contributed by atoms with Crippen LogP contribution in [-0.4, -0.2) is 21.0 Å². The maximum absolute atomic E-state index is 12.1. The van der Waals surface area contributed by atoms with E-state index in [0.717, 1.165) is 0 Å². The molecule has 0 spiro atoms. The summed E-state index contributed by atoms with van der Waals surface area (Å²) in [6.07, 6.45) is 0. The zero-order valence-electron chi connectivity index (χ0n) is 10.7. The molecule has 104 valence electrons. The maximum atomic E-state index is 12.1. The van der Waals surface area contributed by atoms with E-state index >= 15 is 0 Å². The first kappa shape index (κ1) is 14.0. The number of benzene rings is 1. The van der Waals surface area contributed by atoms with Gasteiger partial charge in [0.2, 0.25) is 0 Å². The molecule has 2 N–H and O–H groups in total. The molecule has 2 rings (SSSR count). The van der Waals surface area contributed by atoms with Gasteiger partial charge in [0.1, 0.15) is 5.02 Å². The van der Waals surface area contributed by atoms with Gasteiger partial charge < -0.3 is 5.32 Å². The van der Waals surface area contributed by atoms with Crippen LogP contribution in [0.25, 0.3) is 0 Å². The van der Waals surface area contributed by atoms with Gasteiger partial charge in [-0.1, -0.05) is 11.6 Å². The fourth-order valence-electron chi connectivity index (χ4n) is 1.81. The Morgan fingerprint density at radius 2 is 2.15 bits per heavy atom. The van der Waals surface area contributed by atoms with Crippen LogP contribution in [0.4, 0.5) is 11.4 Å². The first-order valence-electron chi connectivity index (χ1n) is 5.67. The van der Waals surface area contributed by atoms with Gasteiger partial charge in [-0.15, -0.1) is 0 Å². The highest BCUT2D eigenvalue weighted by molar-refractivity contribution is 6.33. The lowest BCUT2D eigenvalue weighted by Gasteiger charge is -2.06. The largest absolute Gasteiger partial charge is 0.322 e. The van der Waals surface area contributed by atoms with Gasteiger partial charge in [0, 0.05) is 17.4 Å². The third-order valence-corrected chi connectivity index (χ3v) is 3.06. The standard InChI is InChI=1S/C12H11ClN4O3/c1-6-11(7(2)16-15-6)12(18)14-8-3-4-10(17(19)20)9(13)5-8/h3-5H,1-2H3,(H,14,18)(H,15,16). The molecular formula is C12H11ClN4O3. The van der Waals surface area contributed by atoms with E-state index in [1.54, 1.807) is 13.8 Å². The molecular weight excluding hydrogens is 284 g/mol. The minimum Gasteiger partial charge on any atom is -0.322 e. The average Bonchev–Trinajstić information content (AvgIpc) is 2.68. The summed E-state index contributed by atoms with van der Waals surface area (Å²) in [4.78, 5) is 22.2. The van der Waals surface area contributed by atoms with Gasteiger partial charge in [-0.2, -0.15) is 5.10 Å². The van der Waals surface area contributed by atoms with Crippen molar-refractivity contribution in [2.24, 2.45) is 0 Å². The minimum absolute atomic E-state index is 0.0339. The number of aromatic nitrogens is 2. The number of hydrogen-bond donors (Lipinski definition) is 2. The highest BCUT2D eigenvalue weighted by atomic mass is 35.5. The Hall–Kier alpha value is -2.41. The third kappa shape index (κ3) is 2.62. The molecule has 0 aliphatic carbocycles. The Bertz CT molecular complexity index is 677. The number of nitrogens with zero attached hydrogens (tertiary/aromatic N) is 2. The van der Waals surface area contributed by atoms with E-state index in [1.165, 1.54) is 18.2 Å². The van der Waals surface area contributed by atoms with Crippen LogP contribution in [-0.2, 0) is 0 Å². The van der Waals surface area contributed by atoms with Crippen LogP contribution in [0.1, 0.15) is 21.7 Å². The molecule has 0 saturated carbocycles. The number of halogens is 1. The quantitative estimate of drug-likeness (QED) is 0.671. The van der Waals surface area contributed by atoms with Crippen LogP contribution >= 0.6 is 11.6 Å². The van der Waals surface area contributed by atoms with E-state index in [0.29, 0.717) is 22.6 Å². The molecule has 20 heavy (non-hydrogen) atoms. The smallest absolute Gasteiger partial charge is 0.288 e. The lowest BCUT2D eigenvalue weighted by molar-refractivity contribution is -0.384. The van der Waals surface area contributed by atoms with Gasteiger partial charge in [-0.25, -0.2) is 0 Å². The zero-order chi connectivity index (χ0) is 14.9. The molecule has 1 aromatic heterocycles. The summed E-state index contributed by atoms with van der Waals surface area (Å²) in [5, 5.41) is 19.9. The number of aromatic amines is 1. The molecule has 0 bridgehead atoms. The van der Waals surface area contributed by atoms with Crippen molar-refractivity contribution in [3.8, 4) is 0 Å². The van der Waals surface area contributed by atoms with Crippen molar-refractivity contribution in [1.29, 1.82) is 0 Å². The molecule has 0 unspecified atom stereocenters. The maximum Gasteiger partial charge on any atom is 0.288 e. The van der Waals surface area contributed by atoms with Gasteiger partial charge >= 0.3 is 0 Å². The number of rotatable bonds is 3. The highest BCUT2D eigenvalue weighted by Gasteiger charge is 2.17. The molecule has 8 heteroatoms. The Morgan fingerprint density at radius 1 is 1.45 bits per heavy atom. The second kappa shape index (κ2) is 5.30. The fourth-order valence-corrected chi connectivity index (χ4v) is 2.06. The molecule has 0 atom stereocenters. The molecule has 0 aliphatic rings. The SMILES string of the molecule is Cc1n[nH]c(C)c1C(=O)Nc1ccc([N+](=O)[O-])c(Cl)c1. The van der Waals surface area contributed by atoms with Crippen LogP contribution in [0.5, 0.6) is 0 Å². The van der Waals surface area contributed by atoms with E-state index in [1.807, 2.05) is 0 Å². The summed E-state index contributed by atoms with van der Waals surface area (Å²) in [7, 11) is 0. The number of hydrogen-bond acceptors (Lipinski definition) is 4. The third-order valence-electron chi connectivity index (χ3n) is 2.76. The molecule has 7 nitrogen and oxygen atoms in total. The summed E-state index contributed by atoms with van der Waals surface area (Å²) < 4.78 is 0. The lowest BCUT2D eigenvalue weighted by Crippen LogP contribution is -2.13. The summed E-state index contributed by atoms with van der Waals surface area (Å²) >= 11 is 5.78. The number of aryl methyl sites for hydroxylation is 2. The van der Waals surface area contributed by atoms with Crippen LogP contribution < -0.4 is 5.32 Å². The zero-order valence-corrected chi connectivity index (χ0v) is 11.5. The molecule has 0 aliphatic heterocycles. The number of amides is 1. The number of carbonyl (C=O) groups is 1. The van der Waals surface area contributed by atoms with Crippen LogP contribution in [0.2, 0.25) is 5.02 Å². The summed E-state index contributed by atoms with van der Waals surface area (Å²) in [6, 6.07) is 4.00. The van der Waals surface area contributed by atoms with E-state index in [9.17, 15) is 14.9 Å². The Morgan fingerprint density at radius 3 is 2.65 bits per heavy atom. The summed E-state index contributed by atoms with van der Waals surface area (Å²) in [5.41, 5.74) is 1.84. The first-order chi connectivity index (χ1) is 9.40. The van der Waals surface area contributed by atoms with Crippen LogP contribution in [0, 0.1) is 24.0 Å². The molecule has 2 aromatic rings. The molecule has 1 amide bonds. The summed E-state index contributed by atoms with van der Waals surface area (Å²) in [6.45, 7) is 3.44. The fraction of sp³-hybridized carbons (Fsp3) is 0.167. The minimum atomic E-state index is -0.585. The normalized spacial score (nSPS) is 10.3. The lowest BCUT2D eigenvalue weighted by atomic mass is 10.2. The predicted molar refractivity (Wildman–Crippen MR) is 74.1 cm³/mol. The Labute approximate surface area is 119 Å². The van der Waals surface area contributed by atoms with Crippen molar-refractivity contribution >= 4 is 28.9 Å². The Balaban J connectivity index is 2.25. The molecule has 0 radical (unpaired) electrons. The van der Waals surface area contributed by atoms with Crippen molar-refractivity contribution in [2.45, 2.75) is 13.8 Å². The van der Waals surface area contributed by atoms with E-state index in [2.05, 4.69) is 15.5 Å². The monoisotopic (exact) mass is 294 g/mol. The van der Waals surface area contributed by atoms with Gasteiger partial charge in [-0.05, 0) is 26.0 Å². The second-order valence-electron chi connectivity index (χ2n) is 4.19. The molecule has 1 aromatic carbocycles. The molecule has 0 saturated heterocycles. The first-order valence-corrected chi connectivity index (χ1v) is 6.05. The predicted octanol–water partition coefficient (Wildman–Crippen LogP) is 2.84. The number of carbonyl (C=O) groups excluding carboxylic acids is 1. The number of nitrogens with one attached hydrogen (secondary N) is 2. The van der Waals surface area contributed by atoms with Crippen molar-refractivity contribution in [3.05, 3.63) is 50.3 Å². The average molecular weight is 295 g/mol.